The Kier molecular flexibility index (Phi) is 9.57. The summed E-state index contributed by atoms with van der Waals surface area (Å²) in [6, 6.07) is 12.5. The van der Waals surface area contributed by atoms with E-state index in [9.17, 15) is 0 Å². The molecule has 0 N–H and O–H groups in total. The molecule has 1 aromatic carbocycles. The van der Waals surface area contributed by atoms with Gasteiger partial charge in [-0.1, -0.05) is 45.4 Å². The number of benzene rings is 1. The third-order valence-corrected chi connectivity index (χ3v) is 5.35. The molecule has 0 saturated carbocycles. The lowest BCUT2D eigenvalue weighted by atomic mass is 10.2. The van der Waals surface area contributed by atoms with Crippen molar-refractivity contribution >= 4 is 11.8 Å². The van der Waals surface area contributed by atoms with Gasteiger partial charge in [0, 0.05) is 35.3 Å². The smallest absolute Gasteiger partial charge is 0.152 e. The Morgan fingerprint density at radius 2 is 1.46 bits per heavy atom. The van der Waals surface area contributed by atoms with E-state index in [2.05, 4.69) is 54.9 Å². The molecular weight excluding hydrogens is 340 g/mol. The molecule has 0 saturated heterocycles. The van der Waals surface area contributed by atoms with E-state index in [0.717, 1.165) is 25.3 Å². The average molecular weight is 373 g/mol. The first kappa shape index (κ1) is 20.8. The zero-order valence-corrected chi connectivity index (χ0v) is 17.2. The molecule has 0 spiro atoms. The second-order valence-corrected chi connectivity index (χ2v) is 7.63. The number of pyridine rings is 1. The van der Waals surface area contributed by atoms with Crippen molar-refractivity contribution in [1.82, 2.24) is 9.88 Å². The van der Waals surface area contributed by atoms with Crippen molar-refractivity contribution in [2.24, 2.45) is 0 Å². The van der Waals surface area contributed by atoms with Crippen molar-refractivity contribution in [2.45, 2.75) is 68.9 Å². The Morgan fingerprint density at radius 1 is 0.885 bits per heavy atom. The lowest BCUT2D eigenvalue weighted by molar-refractivity contribution is 0.0202. The van der Waals surface area contributed by atoms with Crippen LogP contribution in [0.2, 0.25) is 0 Å². The van der Waals surface area contributed by atoms with Crippen molar-refractivity contribution < 1.29 is 4.74 Å². The average Bonchev–Trinajstić information content (AvgIpc) is 2.69. The molecule has 1 atom stereocenters. The largest absolute Gasteiger partial charge is 0.475 e. The normalized spacial score (nSPS) is 12.3. The highest BCUT2D eigenvalue weighted by molar-refractivity contribution is 7.99. The molecule has 0 amide bonds. The molecule has 0 aliphatic heterocycles. The number of hydrogen-bond donors (Lipinski definition) is 0. The number of rotatable bonds is 12. The fourth-order valence-corrected chi connectivity index (χ4v) is 3.63. The van der Waals surface area contributed by atoms with Gasteiger partial charge in [-0.15, -0.1) is 0 Å². The summed E-state index contributed by atoms with van der Waals surface area (Å²) in [5.41, 5.74) is 0. The van der Waals surface area contributed by atoms with Crippen LogP contribution in [0, 0.1) is 0 Å². The Labute approximate surface area is 163 Å². The van der Waals surface area contributed by atoms with Crippen LogP contribution in [0.3, 0.4) is 0 Å². The molecule has 3 nitrogen and oxygen atoms in total. The monoisotopic (exact) mass is 372 g/mol. The van der Waals surface area contributed by atoms with Crippen LogP contribution in [0.4, 0.5) is 0 Å². The first-order chi connectivity index (χ1) is 12.8. The van der Waals surface area contributed by atoms with Gasteiger partial charge in [0.1, 0.15) is 5.75 Å². The third kappa shape index (κ3) is 7.00. The first-order valence-electron chi connectivity index (χ1n) is 9.85. The van der Waals surface area contributed by atoms with E-state index in [1.165, 1.54) is 35.5 Å². The van der Waals surface area contributed by atoms with Crippen LogP contribution in [0.25, 0.3) is 0 Å². The van der Waals surface area contributed by atoms with Gasteiger partial charge in [0.15, 0.2) is 6.23 Å². The van der Waals surface area contributed by atoms with Crippen LogP contribution >= 0.6 is 11.8 Å². The molecule has 1 heterocycles. The lowest BCUT2D eigenvalue weighted by Crippen LogP contribution is -2.40. The highest BCUT2D eigenvalue weighted by Crippen LogP contribution is 2.29. The molecule has 0 aliphatic rings. The van der Waals surface area contributed by atoms with Gasteiger partial charge >= 0.3 is 0 Å². The lowest BCUT2D eigenvalue weighted by Gasteiger charge is -2.31. The summed E-state index contributed by atoms with van der Waals surface area (Å²) in [5.74, 6) is 0.953. The van der Waals surface area contributed by atoms with Gasteiger partial charge < -0.3 is 4.74 Å². The number of ether oxygens (including phenoxy) is 1. The highest BCUT2D eigenvalue weighted by Gasteiger charge is 2.17. The number of hydrogen-bond acceptors (Lipinski definition) is 4. The summed E-state index contributed by atoms with van der Waals surface area (Å²) >= 11 is 1.74. The van der Waals surface area contributed by atoms with Crippen molar-refractivity contribution in [3.8, 4) is 5.75 Å². The zero-order chi connectivity index (χ0) is 18.6. The van der Waals surface area contributed by atoms with Crippen LogP contribution in [-0.4, -0.2) is 29.2 Å². The summed E-state index contributed by atoms with van der Waals surface area (Å²) < 4.78 is 6.33. The molecule has 1 aromatic heterocycles. The molecule has 0 fully saturated rings. The summed E-state index contributed by atoms with van der Waals surface area (Å²) in [4.78, 5) is 8.98. The van der Waals surface area contributed by atoms with Crippen molar-refractivity contribution in [3.05, 3.63) is 48.8 Å². The van der Waals surface area contributed by atoms with Gasteiger partial charge in [-0.3, -0.25) is 9.88 Å². The molecule has 2 rings (SSSR count). The van der Waals surface area contributed by atoms with Gasteiger partial charge in [-0.25, -0.2) is 0 Å². The van der Waals surface area contributed by atoms with E-state index >= 15 is 0 Å². The predicted molar refractivity (Wildman–Crippen MR) is 111 cm³/mol. The Morgan fingerprint density at radius 3 is 2.00 bits per heavy atom. The van der Waals surface area contributed by atoms with Crippen molar-refractivity contribution in [1.29, 1.82) is 0 Å². The maximum Gasteiger partial charge on any atom is 0.152 e. The van der Waals surface area contributed by atoms with Gasteiger partial charge in [0.05, 0.1) is 0 Å². The standard InChI is InChI=1S/C22H32N2OS/c1-4-7-17-24(18-8-5-2)22(6-3)25-19-9-11-20(12-10-19)26-21-13-15-23-16-14-21/h9-16,22H,4-8,17-18H2,1-3H3. The van der Waals surface area contributed by atoms with Crippen LogP contribution in [-0.2, 0) is 0 Å². The SMILES string of the molecule is CCCCN(CCCC)C(CC)Oc1ccc(Sc2ccncc2)cc1. The molecule has 1 unspecified atom stereocenters. The van der Waals surface area contributed by atoms with E-state index in [0.29, 0.717) is 0 Å². The topological polar surface area (TPSA) is 25.4 Å². The third-order valence-electron chi connectivity index (χ3n) is 4.34. The van der Waals surface area contributed by atoms with Crippen LogP contribution in [0.5, 0.6) is 5.75 Å². The van der Waals surface area contributed by atoms with Gasteiger partial charge in [0.2, 0.25) is 0 Å². The molecule has 4 heteroatoms. The number of nitrogens with zero attached hydrogens (tertiary/aromatic N) is 2. The van der Waals surface area contributed by atoms with Crippen molar-refractivity contribution in [3.63, 3.8) is 0 Å². The number of aromatic nitrogens is 1. The predicted octanol–water partition coefficient (Wildman–Crippen LogP) is 6.25. The van der Waals surface area contributed by atoms with E-state index in [4.69, 9.17) is 4.74 Å². The Hall–Kier alpha value is -1.52. The molecule has 2 aromatic rings. The van der Waals surface area contributed by atoms with E-state index in [1.807, 2.05) is 24.5 Å². The maximum atomic E-state index is 6.33. The summed E-state index contributed by atoms with van der Waals surface area (Å²) in [6.45, 7) is 8.94. The van der Waals surface area contributed by atoms with E-state index in [1.54, 1.807) is 11.8 Å². The fourth-order valence-electron chi connectivity index (χ4n) is 2.82. The van der Waals surface area contributed by atoms with Gasteiger partial charge in [-0.05, 0) is 55.7 Å². The molecule has 0 radical (unpaired) electrons. The fraction of sp³-hybridized carbons (Fsp3) is 0.500. The second kappa shape index (κ2) is 12.0. The van der Waals surface area contributed by atoms with Crippen molar-refractivity contribution in [2.75, 3.05) is 13.1 Å². The first-order valence-corrected chi connectivity index (χ1v) is 10.7. The quantitative estimate of drug-likeness (QED) is 0.411. The van der Waals surface area contributed by atoms with Gasteiger partial charge in [0.25, 0.3) is 0 Å². The maximum absolute atomic E-state index is 6.33. The molecule has 26 heavy (non-hydrogen) atoms. The zero-order valence-electron chi connectivity index (χ0n) is 16.4. The van der Waals surface area contributed by atoms with E-state index < -0.39 is 0 Å². The van der Waals surface area contributed by atoms with Crippen LogP contribution < -0.4 is 4.74 Å². The summed E-state index contributed by atoms with van der Waals surface area (Å²) in [6.07, 6.45) is 9.71. The minimum atomic E-state index is 0.159. The summed E-state index contributed by atoms with van der Waals surface area (Å²) in [7, 11) is 0. The number of unbranched alkanes of at least 4 members (excludes halogenated alkanes) is 2. The summed E-state index contributed by atoms with van der Waals surface area (Å²) in [5, 5.41) is 0. The van der Waals surface area contributed by atoms with Crippen LogP contribution in [0.15, 0.2) is 58.6 Å². The minimum absolute atomic E-state index is 0.159. The molecule has 0 aliphatic carbocycles. The van der Waals surface area contributed by atoms with Gasteiger partial charge in [-0.2, -0.15) is 0 Å². The Balaban J connectivity index is 1.97. The molecule has 0 bridgehead atoms. The second-order valence-electron chi connectivity index (χ2n) is 6.48. The Bertz CT molecular complexity index is 595. The minimum Gasteiger partial charge on any atom is -0.475 e. The van der Waals surface area contributed by atoms with E-state index in [-0.39, 0.29) is 6.23 Å². The molecule has 142 valence electrons. The highest BCUT2D eigenvalue weighted by atomic mass is 32.2. The molecular formula is C22H32N2OS. The van der Waals surface area contributed by atoms with Crippen LogP contribution in [0.1, 0.15) is 52.9 Å².